The summed E-state index contributed by atoms with van der Waals surface area (Å²) in [6, 6.07) is 23.9. The maximum absolute atomic E-state index is 12.1. The van der Waals surface area contributed by atoms with Gasteiger partial charge in [-0.15, -0.1) is 0 Å². The standard InChI is InChI=1S/C22H19N3O2/c26-22(16-27-21-11-10-18-8-4-5-9-19(18)12-21)24-20-13-23-25(15-20)14-17-6-2-1-3-7-17/h1-13,15H,14,16H2,(H,24,26). The molecule has 4 rings (SSSR count). The third-order valence-electron chi connectivity index (χ3n) is 4.20. The molecule has 1 heterocycles. The summed E-state index contributed by atoms with van der Waals surface area (Å²) in [5, 5.41) is 9.31. The molecule has 0 atom stereocenters. The van der Waals surface area contributed by atoms with E-state index in [0.29, 0.717) is 18.0 Å². The molecule has 5 nitrogen and oxygen atoms in total. The fourth-order valence-electron chi connectivity index (χ4n) is 2.89. The zero-order valence-electron chi connectivity index (χ0n) is 14.7. The fourth-order valence-corrected chi connectivity index (χ4v) is 2.89. The van der Waals surface area contributed by atoms with Gasteiger partial charge < -0.3 is 10.1 Å². The minimum atomic E-state index is -0.220. The van der Waals surface area contributed by atoms with Gasteiger partial charge in [0.25, 0.3) is 5.91 Å². The van der Waals surface area contributed by atoms with Crippen molar-refractivity contribution in [2.24, 2.45) is 0 Å². The number of benzene rings is 3. The maximum Gasteiger partial charge on any atom is 0.262 e. The van der Waals surface area contributed by atoms with Gasteiger partial charge in [-0.05, 0) is 28.5 Å². The molecule has 0 fully saturated rings. The number of aromatic nitrogens is 2. The van der Waals surface area contributed by atoms with Gasteiger partial charge in [-0.3, -0.25) is 9.48 Å². The summed E-state index contributed by atoms with van der Waals surface area (Å²) in [7, 11) is 0. The van der Waals surface area contributed by atoms with Crippen LogP contribution in [0.4, 0.5) is 5.69 Å². The quantitative estimate of drug-likeness (QED) is 0.565. The minimum absolute atomic E-state index is 0.0534. The van der Waals surface area contributed by atoms with Gasteiger partial charge in [0.2, 0.25) is 0 Å². The Morgan fingerprint density at radius 2 is 1.74 bits per heavy atom. The van der Waals surface area contributed by atoms with Gasteiger partial charge in [0.05, 0.1) is 18.4 Å². The van der Waals surface area contributed by atoms with Gasteiger partial charge in [0, 0.05) is 6.20 Å². The Labute approximate surface area is 157 Å². The lowest BCUT2D eigenvalue weighted by molar-refractivity contribution is -0.118. The highest BCUT2D eigenvalue weighted by atomic mass is 16.5. The van der Waals surface area contributed by atoms with E-state index in [4.69, 9.17) is 4.74 Å². The molecule has 1 N–H and O–H groups in total. The average molecular weight is 357 g/mol. The van der Waals surface area contributed by atoms with Crippen LogP contribution < -0.4 is 10.1 Å². The molecular weight excluding hydrogens is 338 g/mol. The Morgan fingerprint density at radius 3 is 2.59 bits per heavy atom. The van der Waals surface area contributed by atoms with Crippen LogP contribution in [0.5, 0.6) is 5.75 Å². The van der Waals surface area contributed by atoms with Crippen LogP contribution in [0, 0.1) is 0 Å². The summed E-state index contributed by atoms with van der Waals surface area (Å²) in [5.74, 6) is 0.450. The largest absolute Gasteiger partial charge is 0.484 e. The summed E-state index contributed by atoms with van der Waals surface area (Å²) >= 11 is 0. The maximum atomic E-state index is 12.1. The molecule has 0 spiro atoms. The number of ether oxygens (including phenoxy) is 1. The Kier molecular flexibility index (Phi) is 4.83. The zero-order chi connectivity index (χ0) is 18.5. The molecule has 134 valence electrons. The van der Waals surface area contributed by atoms with Crippen molar-refractivity contribution in [1.29, 1.82) is 0 Å². The van der Waals surface area contributed by atoms with Gasteiger partial charge in [-0.25, -0.2) is 0 Å². The minimum Gasteiger partial charge on any atom is -0.484 e. The third-order valence-corrected chi connectivity index (χ3v) is 4.20. The van der Waals surface area contributed by atoms with Crippen molar-refractivity contribution < 1.29 is 9.53 Å². The normalized spacial score (nSPS) is 10.7. The molecule has 1 amide bonds. The predicted molar refractivity (Wildman–Crippen MR) is 106 cm³/mol. The van der Waals surface area contributed by atoms with Gasteiger partial charge in [0.1, 0.15) is 5.75 Å². The van der Waals surface area contributed by atoms with Crippen LogP contribution in [-0.4, -0.2) is 22.3 Å². The van der Waals surface area contributed by atoms with Crippen LogP contribution in [0.3, 0.4) is 0 Å². The SMILES string of the molecule is O=C(COc1ccc2ccccc2c1)Nc1cnn(Cc2ccccc2)c1. The lowest BCUT2D eigenvalue weighted by Crippen LogP contribution is -2.19. The summed E-state index contributed by atoms with van der Waals surface area (Å²) in [6.45, 7) is 0.604. The van der Waals surface area contributed by atoms with Crippen LogP contribution in [0.25, 0.3) is 10.8 Å². The molecule has 0 unspecified atom stereocenters. The first-order chi connectivity index (χ1) is 13.3. The number of carbonyl (C=O) groups excluding carboxylic acids is 1. The molecule has 0 saturated carbocycles. The summed E-state index contributed by atoms with van der Waals surface area (Å²) in [4.78, 5) is 12.1. The van der Waals surface area contributed by atoms with E-state index in [0.717, 1.165) is 16.3 Å². The number of hydrogen-bond donors (Lipinski definition) is 1. The highest BCUT2D eigenvalue weighted by Crippen LogP contribution is 2.20. The van der Waals surface area contributed by atoms with Crippen molar-refractivity contribution in [3.05, 3.63) is 90.8 Å². The molecule has 0 aliphatic heterocycles. The van der Waals surface area contributed by atoms with Gasteiger partial charge in [0.15, 0.2) is 6.61 Å². The third kappa shape index (κ3) is 4.33. The van der Waals surface area contributed by atoms with Crippen LogP contribution in [0.2, 0.25) is 0 Å². The number of nitrogens with zero attached hydrogens (tertiary/aromatic N) is 2. The number of anilines is 1. The fraction of sp³-hybridized carbons (Fsp3) is 0.0909. The molecule has 3 aromatic carbocycles. The number of fused-ring (bicyclic) bond motifs is 1. The first-order valence-corrected chi connectivity index (χ1v) is 8.74. The number of nitrogens with one attached hydrogen (secondary N) is 1. The molecule has 5 heteroatoms. The molecule has 0 bridgehead atoms. The second-order valence-corrected chi connectivity index (χ2v) is 6.26. The van der Waals surface area contributed by atoms with Crippen molar-refractivity contribution >= 4 is 22.4 Å². The Balaban J connectivity index is 1.32. The zero-order valence-corrected chi connectivity index (χ0v) is 14.7. The van der Waals surface area contributed by atoms with E-state index in [1.807, 2.05) is 72.8 Å². The molecular formula is C22H19N3O2. The van der Waals surface area contributed by atoms with Crippen LogP contribution in [0.15, 0.2) is 85.2 Å². The van der Waals surface area contributed by atoms with Gasteiger partial charge in [-0.1, -0.05) is 60.7 Å². The predicted octanol–water partition coefficient (Wildman–Crippen LogP) is 4.10. The van der Waals surface area contributed by atoms with Crippen LogP contribution in [-0.2, 0) is 11.3 Å². The van der Waals surface area contributed by atoms with Gasteiger partial charge >= 0.3 is 0 Å². The lowest BCUT2D eigenvalue weighted by Gasteiger charge is -2.07. The smallest absolute Gasteiger partial charge is 0.262 e. The first kappa shape index (κ1) is 16.8. The van der Waals surface area contributed by atoms with Crippen molar-refractivity contribution in [1.82, 2.24) is 9.78 Å². The summed E-state index contributed by atoms with van der Waals surface area (Å²) in [5.41, 5.74) is 1.80. The summed E-state index contributed by atoms with van der Waals surface area (Å²) in [6.07, 6.45) is 3.44. The average Bonchev–Trinajstić information content (AvgIpc) is 3.13. The Morgan fingerprint density at radius 1 is 0.963 bits per heavy atom. The van der Waals surface area contributed by atoms with E-state index in [2.05, 4.69) is 10.4 Å². The van der Waals surface area contributed by atoms with Gasteiger partial charge in [-0.2, -0.15) is 5.10 Å². The molecule has 0 aliphatic carbocycles. The number of carbonyl (C=O) groups is 1. The molecule has 1 aromatic heterocycles. The number of hydrogen-bond acceptors (Lipinski definition) is 3. The van der Waals surface area contributed by atoms with E-state index >= 15 is 0 Å². The molecule has 27 heavy (non-hydrogen) atoms. The Bertz CT molecular complexity index is 1060. The second-order valence-electron chi connectivity index (χ2n) is 6.26. The molecule has 4 aromatic rings. The van der Waals surface area contributed by atoms with E-state index in [1.54, 1.807) is 17.1 Å². The van der Waals surface area contributed by atoms with Crippen LogP contribution in [0.1, 0.15) is 5.56 Å². The molecule has 0 radical (unpaired) electrons. The highest BCUT2D eigenvalue weighted by Gasteiger charge is 2.07. The monoisotopic (exact) mass is 357 g/mol. The van der Waals surface area contributed by atoms with E-state index < -0.39 is 0 Å². The Hall–Kier alpha value is -3.60. The number of amides is 1. The summed E-state index contributed by atoms with van der Waals surface area (Å²) < 4.78 is 7.40. The van der Waals surface area contributed by atoms with E-state index in [9.17, 15) is 4.79 Å². The van der Waals surface area contributed by atoms with Crippen molar-refractivity contribution in [3.63, 3.8) is 0 Å². The topological polar surface area (TPSA) is 56.1 Å². The van der Waals surface area contributed by atoms with Crippen molar-refractivity contribution in [2.45, 2.75) is 6.54 Å². The second kappa shape index (κ2) is 7.74. The van der Waals surface area contributed by atoms with Crippen molar-refractivity contribution in [2.75, 3.05) is 11.9 Å². The van der Waals surface area contributed by atoms with E-state index in [1.165, 1.54) is 0 Å². The first-order valence-electron chi connectivity index (χ1n) is 8.74. The molecule has 0 saturated heterocycles. The molecule has 0 aliphatic rings. The number of rotatable bonds is 6. The van der Waals surface area contributed by atoms with E-state index in [-0.39, 0.29) is 12.5 Å². The lowest BCUT2D eigenvalue weighted by atomic mass is 10.1. The van der Waals surface area contributed by atoms with Crippen LogP contribution >= 0.6 is 0 Å². The van der Waals surface area contributed by atoms with Crippen molar-refractivity contribution in [3.8, 4) is 5.75 Å². The highest BCUT2D eigenvalue weighted by molar-refractivity contribution is 5.91.